The van der Waals surface area contributed by atoms with Gasteiger partial charge in [0.25, 0.3) is 0 Å². The van der Waals surface area contributed by atoms with Crippen molar-refractivity contribution in [2.75, 3.05) is 7.11 Å². The highest BCUT2D eigenvalue weighted by Crippen LogP contribution is 2.23. The van der Waals surface area contributed by atoms with Gasteiger partial charge in [0.15, 0.2) is 0 Å². The average molecular weight is 335 g/mol. The summed E-state index contributed by atoms with van der Waals surface area (Å²) in [5.74, 6) is -0.446. The van der Waals surface area contributed by atoms with Gasteiger partial charge in [0.1, 0.15) is 5.60 Å². The third-order valence-electron chi connectivity index (χ3n) is 3.61. The minimum Gasteiger partial charge on any atom is -0.469 e. The second-order valence-corrected chi connectivity index (χ2v) is 7.58. The van der Waals surface area contributed by atoms with Gasteiger partial charge in [-0.15, -0.1) is 0 Å². The number of ether oxygens (including phenoxy) is 2. The largest absolute Gasteiger partial charge is 0.469 e. The summed E-state index contributed by atoms with van der Waals surface area (Å²) < 4.78 is 10.1. The predicted molar refractivity (Wildman–Crippen MR) is 93.7 cm³/mol. The molecule has 0 aliphatic rings. The van der Waals surface area contributed by atoms with Gasteiger partial charge >= 0.3 is 12.1 Å². The third-order valence-corrected chi connectivity index (χ3v) is 3.61. The normalized spacial score (nSPS) is 13.1. The molecule has 1 amide bonds. The molecule has 0 spiro atoms. The van der Waals surface area contributed by atoms with E-state index in [0.29, 0.717) is 6.42 Å². The number of hydrogen-bond acceptors (Lipinski definition) is 4. The lowest BCUT2D eigenvalue weighted by molar-refractivity contribution is -0.144. The zero-order valence-corrected chi connectivity index (χ0v) is 15.7. The molecular formula is C19H29NO4. The average Bonchev–Trinajstić information content (AvgIpc) is 2.43. The van der Waals surface area contributed by atoms with Crippen LogP contribution in [0.25, 0.3) is 0 Å². The molecule has 0 saturated carbocycles. The Morgan fingerprint density at radius 2 is 1.79 bits per heavy atom. The third kappa shape index (κ3) is 6.22. The van der Waals surface area contributed by atoms with Crippen LogP contribution in [-0.4, -0.2) is 24.8 Å². The fourth-order valence-corrected chi connectivity index (χ4v) is 2.36. The molecule has 0 fully saturated rings. The van der Waals surface area contributed by atoms with E-state index in [0.717, 1.165) is 11.1 Å². The smallest absolute Gasteiger partial charge is 0.408 e. The van der Waals surface area contributed by atoms with Crippen LogP contribution in [0.4, 0.5) is 4.79 Å². The summed E-state index contributed by atoms with van der Waals surface area (Å²) in [6.07, 6.45) is 0.129. The van der Waals surface area contributed by atoms with Crippen molar-refractivity contribution in [3.05, 3.63) is 35.4 Å². The molecule has 0 saturated heterocycles. The summed E-state index contributed by atoms with van der Waals surface area (Å²) in [7, 11) is 1.39. The van der Waals surface area contributed by atoms with Crippen molar-refractivity contribution in [2.45, 2.75) is 59.1 Å². The fourth-order valence-electron chi connectivity index (χ4n) is 2.36. The summed E-state index contributed by atoms with van der Waals surface area (Å²) in [5.41, 5.74) is 0.831. The number of nitrogens with one attached hydrogen (secondary N) is 1. The summed E-state index contributed by atoms with van der Waals surface area (Å²) in [6, 6.07) is 7.83. The molecule has 0 bridgehead atoms. The number of esters is 1. The maximum atomic E-state index is 12.0. The van der Waals surface area contributed by atoms with E-state index in [4.69, 9.17) is 9.47 Å². The van der Waals surface area contributed by atoms with Crippen molar-refractivity contribution < 1.29 is 19.1 Å². The van der Waals surface area contributed by atoms with Crippen LogP contribution in [-0.2, 0) is 26.2 Å². The van der Waals surface area contributed by atoms with E-state index in [-0.39, 0.29) is 11.9 Å². The van der Waals surface area contributed by atoms with Gasteiger partial charge in [0.2, 0.25) is 0 Å². The van der Waals surface area contributed by atoms with Gasteiger partial charge in [-0.25, -0.2) is 4.79 Å². The number of carbonyl (C=O) groups is 2. The number of methoxy groups -OCH3 is 1. The standard InChI is InChI=1S/C19H29NO4/c1-13(16(21)23-7)11-14-9-8-10-15(12-14)19(5,6)20-17(22)24-18(2,3)4/h8-10,12-13H,11H2,1-7H3,(H,20,22). The molecule has 1 aromatic carbocycles. The van der Waals surface area contributed by atoms with Crippen LogP contribution < -0.4 is 5.32 Å². The Morgan fingerprint density at radius 3 is 2.33 bits per heavy atom. The molecule has 5 nitrogen and oxygen atoms in total. The molecule has 5 heteroatoms. The highest BCUT2D eigenvalue weighted by atomic mass is 16.6. The number of rotatable bonds is 5. The number of benzene rings is 1. The van der Waals surface area contributed by atoms with Gasteiger partial charge in [-0.2, -0.15) is 0 Å². The Balaban J connectivity index is 2.87. The SMILES string of the molecule is COC(=O)C(C)Cc1cccc(C(C)(C)NC(=O)OC(C)(C)C)c1. The monoisotopic (exact) mass is 335 g/mol. The first-order valence-corrected chi connectivity index (χ1v) is 8.13. The molecule has 24 heavy (non-hydrogen) atoms. The van der Waals surface area contributed by atoms with Crippen LogP contribution in [0.15, 0.2) is 24.3 Å². The Bertz CT molecular complexity index is 587. The number of alkyl carbamates (subject to hydrolysis) is 1. The maximum absolute atomic E-state index is 12.0. The lowest BCUT2D eigenvalue weighted by atomic mass is 9.91. The van der Waals surface area contributed by atoms with Crippen molar-refractivity contribution in [1.82, 2.24) is 5.32 Å². The molecule has 0 radical (unpaired) electrons. The summed E-state index contributed by atoms with van der Waals surface area (Å²) >= 11 is 0. The Labute approximate surface area is 144 Å². The van der Waals surface area contributed by atoms with E-state index in [1.54, 1.807) is 0 Å². The molecule has 0 aliphatic carbocycles. The highest BCUT2D eigenvalue weighted by Gasteiger charge is 2.26. The zero-order chi connectivity index (χ0) is 18.5. The predicted octanol–water partition coefficient (Wildman–Crippen LogP) is 3.80. The van der Waals surface area contributed by atoms with Gasteiger partial charge in [0.05, 0.1) is 18.6 Å². The summed E-state index contributed by atoms with van der Waals surface area (Å²) in [6.45, 7) is 11.2. The Hall–Kier alpha value is -2.04. The van der Waals surface area contributed by atoms with Crippen LogP contribution in [0.2, 0.25) is 0 Å². The van der Waals surface area contributed by atoms with E-state index >= 15 is 0 Å². The Kier molecular flexibility index (Phi) is 6.41. The Morgan fingerprint density at radius 1 is 1.17 bits per heavy atom. The van der Waals surface area contributed by atoms with Gasteiger partial charge in [-0.1, -0.05) is 31.2 Å². The molecule has 1 N–H and O–H groups in total. The summed E-state index contributed by atoms with van der Waals surface area (Å²) in [5, 5.41) is 2.89. The van der Waals surface area contributed by atoms with Crippen LogP contribution in [0, 0.1) is 5.92 Å². The molecule has 0 heterocycles. The van der Waals surface area contributed by atoms with Gasteiger partial charge < -0.3 is 14.8 Å². The first-order chi connectivity index (χ1) is 10.9. The second kappa shape index (κ2) is 7.69. The van der Waals surface area contributed by atoms with Crippen LogP contribution >= 0.6 is 0 Å². The lowest BCUT2D eigenvalue weighted by Gasteiger charge is -2.29. The molecule has 1 rings (SSSR count). The fraction of sp³-hybridized carbons (Fsp3) is 0.579. The number of carbonyl (C=O) groups excluding carboxylic acids is 2. The molecule has 1 atom stereocenters. The van der Waals surface area contributed by atoms with E-state index in [1.807, 2.05) is 65.8 Å². The van der Waals surface area contributed by atoms with Gasteiger partial charge in [-0.05, 0) is 52.2 Å². The first kappa shape index (κ1) is 20.0. The first-order valence-electron chi connectivity index (χ1n) is 8.13. The van der Waals surface area contributed by atoms with Crippen molar-refractivity contribution in [3.8, 4) is 0 Å². The van der Waals surface area contributed by atoms with Crippen LogP contribution in [0.1, 0.15) is 52.7 Å². The molecule has 1 unspecified atom stereocenters. The van der Waals surface area contributed by atoms with Crippen LogP contribution in [0.5, 0.6) is 0 Å². The molecule has 1 aromatic rings. The maximum Gasteiger partial charge on any atom is 0.408 e. The van der Waals surface area contributed by atoms with E-state index in [9.17, 15) is 9.59 Å². The zero-order valence-electron chi connectivity index (χ0n) is 15.7. The van der Waals surface area contributed by atoms with Crippen molar-refractivity contribution in [1.29, 1.82) is 0 Å². The quantitative estimate of drug-likeness (QED) is 0.831. The number of hydrogen-bond donors (Lipinski definition) is 1. The van der Waals surface area contributed by atoms with E-state index in [2.05, 4.69) is 5.32 Å². The lowest BCUT2D eigenvalue weighted by Crippen LogP contribution is -2.43. The van der Waals surface area contributed by atoms with Crippen molar-refractivity contribution in [2.24, 2.45) is 5.92 Å². The van der Waals surface area contributed by atoms with Gasteiger partial charge in [0, 0.05) is 0 Å². The van der Waals surface area contributed by atoms with E-state index in [1.165, 1.54) is 7.11 Å². The minimum absolute atomic E-state index is 0.216. The molecule has 134 valence electrons. The molecule has 0 aliphatic heterocycles. The minimum atomic E-state index is -0.590. The number of amides is 1. The highest BCUT2D eigenvalue weighted by molar-refractivity contribution is 5.72. The topological polar surface area (TPSA) is 64.6 Å². The van der Waals surface area contributed by atoms with Crippen molar-refractivity contribution >= 4 is 12.1 Å². The van der Waals surface area contributed by atoms with Crippen molar-refractivity contribution in [3.63, 3.8) is 0 Å². The second-order valence-electron chi connectivity index (χ2n) is 7.58. The summed E-state index contributed by atoms with van der Waals surface area (Å²) in [4.78, 5) is 23.6. The van der Waals surface area contributed by atoms with Gasteiger partial charge in [-0.3, -0.25) is 4.79 Å². The van der Waals surface area contributed by atoms with E-state index < -0.39 is 17.2 Å². The van der Waals surface area contributed by atoms with Crippen LogP contribution in [0.3, 0.4) is 0 Å². The molecular weight excluding hydrogens is 306 g/mol. The molecule has 0 aromatic heterocycles.